The second-order valence-corrected chi connectivity index (χ2v) is 8.23. The van der Waals surface area contributed by atoms with Crippen molar-refractivity contribution in [3.63, 3.8) is 0 Å². The van der Waals surface area contributed by atoms with Gasteiger partial charge in [0.1, 0.15) is 16.8 Å². The van der Waals surface area contributed by atoms with Crippen LogP contribution < -0.4 is 9.64 Å². The van der Waals surface area contributed by atoms with E-state index in [1.165, 1.54) is 24.1 Å². The number of nitro groups is 1. The van der Waals surface area contributed by atoms with Crippen LogP contribution in [0.4, 0.5) is 11.4 Å². The van der Waals surface area contributed by atoms with Crippen molar-refractivity contribution in [2.75, 3.05) is 12.0 Å². The van der Waals surface area contributed by atoms with E-state index in [9.17, 15) is 24.5 Å². The number of hydrogen-bond acceptors (Lipinski definition) is 6. The Morgan fingerprint density at radius 2 is 1.80 bits per heavy atom. The lowest BCUT2D eigenvalue weighted by atomic mass is 10.1. The zero-order valence-corrected chi connectivity index (χ0v) is 19.3. The smallest absolute Gasteiger partial charge is 0.288 e. The normalized spacial score (nSPS) is 15.3. The summed E-state index contributed by atoms with van der Waals surface area (Å²) >= 11 is 5.90. The Balaban J connectivity index is 1.70. The number of anilines is 1. The van der Waals surface area contributed by atoms with Gasteiger partial charge in [0.05, 0.1) is 24.1 Å². The van der Waals surface area contributed by atoms with Crippen LogP contribution in [0.1, 0.15) is 22.3 Å². The predicted molar refractivity (Wildman–Crippen MR) is 128 cm³/mol. The second kappa shape index (κ2) is 9.94. The average molecular weight is 494 g/mol. The summed E-state index contributed by atoms with van der Waals surface area (Å²) in [5, 5.41) is 11.2. The van der Waals surface area contributed by atoms with Crippen LogP contribution in [0.25, 0.3) is 0 Å². The number of rotatable bonds is 7. The summed E-state index contributed by atoms with van der Waals surface area (Å²) in [6, 6.07) is 18.0. The van der Waals surface area contributed by atoms with E-state index in [2.05, 4.69) is 0 Å². The van der Waals surface area contributed by atoms with Crippen molar-refractivity contribution in [1.29, 1.82) is 0 Å². The Bertz CT molecular complexity index is 1300. The zero-order valence-electron chi connectivity index (χ0n) is 18.6. The number of ether oxygens (including phenoxy) is 1. The third-order valence-corrected chi connectivity index (χ3v) is 6.00. The lowest BCUT2D eigenvalue weighted by molar-refractivity contribution is -0.384. The monoisotopic (exact) mass is 493 g/mol. The van der Waals surface area contributed by atoms with Gasteiger partial charge in [0.25, 0.3) is 17.5 Å². The van der Waals surface area contributed by atoms with Gasteiger partial charge < -0.3 is 9.64 Å². The van der Waals surface area contributed by atoms with Crippen LogP contribution in [-0.2, 0) is 16.1 Å². The SMILES string of the molecule is COc1ccc(N2C(=O)CC(N(Cc3ccccc3)C(=O)c3ccc(Cl)c([N+](=O)[O-])c3)C2=O)cc1. The molecule has 4 rings (SSSR count). The molecule has 1 unspecified atom stereocenters. The Morgan fingerprint density at radius 1 is 1.11 bits per heavy atom. The molecule has 0 spiro atoms. The summed E-state index contributed by atoms with van der Waals surface area (Å²) in [5.74, 6) is -1.09. The molecule has 0 N–H and O–H groups in total. The molecule has 35 heavy (non-hydrogen) atoms. The van der Waals surface area contributed by atoms with Crippen LogP contribution in [-0.4, -0.2) is 40.7 Å². The number of halogens is 1. The molecular weight excluding hydrogens is 474 g/mol. The molecule has 0 aromatic heterocycles. The quantitative estimate of drug-likeness (QED) is 0.277. The van der Waals surface area contributed by atoms with Crippen molar-refractivity contribution >= 4 is 40.7 Å². The molecule has 10 heteroatoms. The fraction of sp³-hybridized carbons (Fsp3) is 0.160. The number of benzene rings is 3. The van der Waals surface area contributed by atoms with E-state index in [0.717, 1.165) is 16.5 Å². The van der Waals surface area contributed by atoms with Crippen molar-refractivity contribution < 1.29 is 24.0 Å². The Hall–Kier alpha value is -4.24. The standard InChI is InChI=1S/C25H20ClN3O6/c1-35-19-10-8-18(9-11-19)28-23(30)14-22(25(28)32)27(15-16-5-3-2-4-6-16)24(31)17-7-12-20(26)21(13-17)29(33)34/h2-13,22H,14-15H2,1H3. The Kier molecular flexibility index (Phi) is 6.79. The van der Waals surface area contributed by atoms with Gasteiger partial charge in [-0.2, -0.15) is 0 Å². The first-order chi connectivity index (χ1) is 16.8. The molecule has 1 fully saturated rings. The summed E-state index contributed by atoms with van der Waals surface area (Å²) in [6.45, 7) is 0.0240. The van der Waals surface area contributed by atoms with Crippen molar-refractivity contribution in [2.24, 2.45) is 0 Å². The Morgan fingerprint density at radius 3 is 2.43 bits per heavy atom. The molecule has 9 nitrogen and oxygen atoms in total. The molecule has 1 heterocycles. The molecule has 3 aromatic carbocycles. The van der Waals surface area contributed by atoms with E-state index in [-0.39, 0.29) is 23.6 Å². The third-order valence-electron chi connectivity index (χ3n) is 5.68. The number of imide groups is 1. The van der Waals surface area contributed by atoms with Crippen LogP contribution in [0, 0.1) is 10.1 Å². The van der Waals surface area contributed by atoms with E-state index in [1.807, 2.05) is 6.07 Å². The lowest BCUT2D eigenvalue weighted by Gasteiger charge is -2.28. The maximum atomic E-state index is 13.6. The molecule has 3 amide bonds. The van der Waals surface area contributed by atoms with E-state index in [4.69, 9.17) is 16.3 Å². The largest absolute Gasteiger partial charge is 0.497 e. The van der Waals surface area contributed by atoms with Crippen LogP contribution in [0.2, 0.25) is 5.02 Å². The number of nitro benzene ring substituents is 1. The molecule has 0 bridgehead atoms. The van der Waals surface area contributed by atoms with Gasteiger partial charge in [0.15, 0.2) is 0 Å². The fourth-order valence-corrected chi connectivity index (χ4v) is 4.10. The maximum Gasteiger partial charge on any atom is 0.288 e. The summed E-state index contributed by atoms with van der Waals surface area (Å²) in [4.78, 5) is 52.8. The van der Waals surface area contributed by atoms with Gasteiger partial charge in [-0.3, -0.25) is 24.5 Å². The van der Waals surface area contributed by atoms with Gasteiger partial charge in [-0.15, -0.1) is 0 Å². The van der Waals surface area contributed by atoms with Crippen molar-refractivity contribution in [3.05, 3.63) is 99.1 Å². The number of amides is 3. The molecule has 0 saturated carbocycles. The number of carbonyl (C=O) groups excluding carboxylic acids is 3. The first-order valence-electron chi connectivity index (χ1n) is 10.6. The van der Waals surface area contributed by atoms with Gasteiger partial charge in [-0.05, 0) is 42.0 Å². The minimum absolute atomic E-state index is 0.0137. The van der Waals surface area contributed by atoms with Gasteiger partial charge in [0.2, 0.25) is 5.91 Å². The second-order valence-electron chi connectivity index (χ2n) is 7.83. The first kappa shape index (κ1) is 23.9. The van der Waals surface area contributed by atoms with E-state index in [1.54, 1.807) is 48.5 Å². The van der Waals surface area contributed by atoms with E-state index < -0.39 is 34.4 Å². The van der Waals surface area contributed by atoms with Crippen molar-refractivity contribution in [1.82, 2.24) is 4.90 Å². The maximum absolute atomic E-state index is 13.6. The fourth-order valence-electron chi connectivity index (χ4n) is 3.92. The van der Waals surface area contributed by atoms with E-state index in [0.29, 0.717) is 11.4 Å². The van der Waals surface area contributed by atoms with Crippen molar-refractivity contribution in [2.45, 2.75) is 19.0 Å². The highest BCUT2D eigenvalue weighted by atomic mass is 35.5. The van der Waals surface area contributed by atoms with Crippen molar-refractivity contribution in [3.8, 4) is 5.75 Å². The van der Waals surface area contributed by atoms with Gasteiger partial charge in [-0.1, -0.05) is 41.9 Å². The van der Waals surface area contributed by atoms with Gasteiger partial charge in [0, 0.05) is 18.2 Å². The average Bonchev–Trinajstić information content (AvgIpc) is 3.16. The summed E-state index contributed by atoms with van der Waals surface area (Å²) in [5.41, 5.74) is 0.649. The topological polar surface area (TPSA) is 110 Å². The third kappa shape index (κ3) is 4.85. The minimum atomic E-state index is -1.09. The van der Waals surface area contributed by atoms with Crippen LogP contribution in [0.5, 0.6) is 5.75 Å². The number of hydrogen-bond donors (Lipinski definition) is 0. The molecule has 178 valence electrons. The molecule has 0 radical (unpaired) electrons. The summed E-state index contributed by atoms with van der Waals surface area (Å²) in [7, 11) is 1.51. The molecule has 1 atom stereocenters. The highest BCUT2D eigenvalue weighted by Crippen LogP contribution is 2.31. The zero-order chi connectivity index (χ0) is 25.1. The molecular formula is C25H20ClN3O6. The van der Waals surface area contributed by atoms with Gasteiger partial charge in [-0.25, -0.2) is 4.90 Å². The predicted octanol–water partition coefficient (Wildman–Crippen LogP) is 4.23. The highest BCUT2D eigenvalue weighted by Gasteiger charge is 2.44. The van der Waals surface area contributed by atoms with E-state index >= 15 is 0 Å². The molecule has 1 aliphatic rings. The highest BCUT2D eigenvalue weighted by molar-refractivity contribution is 6.32. The molecule has 0 aliphatic carbocycles. The summed E-state index contributed by atoms with van der Waals surface area (Å²) < 4.78 is 5.13. The Labute approximate surface area is 205 Å². The first-order valence-corrected chi connectivity index (χ1v) is 11.0. The van der Waals surface area contributed by atoms with Crippen LogP contribution in [0.3, 0.4) is 0 Å². The summed E-state index contributed by atoms with van der Waals surface area (Å²) in [6.07, 6.45) is -0.223. The lowest BCUT2D eigenvalue weighted by Crippen LogP contribution is -2.45. The number of nitrogens with zero attached hydrogens (tertiary/aromatic N) is 3. The number of methoxy groups -OCH3 is 1. The number of carbonyl (C=O) groups is 3. The molecule has 1 saturated heterocycles. The minimum Gasteiger partial charge on any atom is -0.497 e. The van der Waals surface area contributed by atoms with Gasteiger partial charge >= 0.3 is 0 Å². The van der Waals surface area contributed by atoms with Crippen LogP contribution in [0.15, 0.2) is 72.8 Å². The molecule has 3 aromatic rings. The molecule has 1 aliphatic heterocycles. The van der Waals surface area contributed by atoms with Crippen LogP contribution >= 0.6 is 11.6 Å².